The van der Waals surface area contributed by atoms with E-state index in [0.717, 1.165) is 24.1 Å². The molecular weight excluding hydrogens is 242 g/mol. The number of carboxylic acids is 1. The summed E-state index contributed by atoms with van der Waals surface area (Å²) in [6.45, 7) is 6.82. The molecule has 4 nitrogen and oxygen atoms in total. The molecule has 1 aromatic carbocycles. The van der Waals surface area contributed by atoms with Crippen LogP contribution in [-0.4, -0.2) is 35.4 Å². The van der Waals surface area contributed by atoms with Gasteiger partial charge >= 0.3 is 5.97 Å². The maximum atomic E-state index is 11.0. The van der Waals surface area contributed by atoms with Gasteiger partial charge in [-0.15, -0.1) is 0 Å². The lowest BCUT2D eigenvalue weighted by molar-refractivity contribution is 0.0697. The van der Waals surface area contributed by atoms with E-state index < -0.39 is 5.97 Å². The molecule has 0 spiro atoms. The van der Waals surface area contributed by atoms with E-state index in [0.29, 0.717) is 18.2 Å². The standard InChI is InChI=1S/C15H23NO3/c1-4-13(5-2)16(8-9-17)14-7-6-12(15(18)19)10-11(14)3/h6-7,10,13,17H,4-5,8-9H2,1-3H3,(H,18,19). The number of anilines is 1. The molecule has 0 aliphatic rings. The van der Waals surface area contributed by atoms with Crippen LogP contribution in [0.25, 0.3) is 0 Å². The molecule has 0 unspecified atom stereocenters. The molecule has 2 N–H and O–H groups in total. The third-order valence-corrected chi connectivity index (χ3v) is 3.48. The Labute approximate surface area is 114 Å². The first-order valence-corrected chi connectivity index (χ1v) is 6.76. The molecule has 0 atom stereocenters. The van der Waals surface area contributed by atoms with E-state index >= 15 is 0 Å². The second-order valence-electron chi connectivity index (χ2n) is 4.69. The van der Waals surface area contributed by atoms with E-state index in [1.807, 2.05) is 13.0 Å². The van der Waals surface area contributed by atoms with E-state index in [-0.39, 0.29) is 6.61 Å². The third kappa shape index (κ3) is 3.70. The van der Waals surface area contributed by atoms with Crippen molar-refractivity contribution in [3.63, 3.8) is 0 Å². The molecule has 0 aliphatic carbocycles. The zero-order valence-corrected chi connectivity index (χ0v) is 11.9. The number of benzene rings is 1. The van der Waals surface area contributed by atoms with Crippen molar-refractivity contribution in [2.45, 2.75) is 39.7 Å². The Hall–Kier alpha value is -1.55. The number of rotatable bonds is 7. The Bertz CT molecular complexity index is 427. The third-order valence-electron chi connectivity index (χ3n) is 3.48. The summed E-state index contributed by atoms with van der Waals surface area (Å²) in [4.78, 5) is 13.1. The highest BCUT2D eigenvalue weighted by molar-refractivity contribution is 5.88. The van der Waals surface area contributed by atoms with Gasteiger partial charge in [-0.05, 0) is 43.5 Å². The molecule has 0 fully saturated rings. The number of nitrogens with zero attached hydrogens (tertiary/aromatic N) is 1. The highest BCUT2D eigenvalue weighted by atomic mass is 16.4. The number of hydrogen-bond acceptors (Lipinski definition) is 3. The fraction of sp³-hybridized carbons (Fsp3) is 0.533. The first-order valence-electron chi connectivity index (χ1n) is 6.76. The highest BCUT2D eigenvalue weighted by Crippen LogP contribution is 2.25. The largest absolute Gasteiger partial charge is 0.478 e. The van der Waals surface area contributed by atoms with E-state index in [1.54, 1.807) is 12.1 Å². The molecule has 19 heavy (non-hydrogen) atoms. The molecule has 0 heterocycles. The van der Waals surface area contributed by atoms with Gasteiger partial charge < -0.3 is 15.1 Å². The molecule has 4 heteroatoms. The molecule has 0 saturated carbocycles. The van der Waals surface area contributed by atoms with E-state index in [2.05, 4.69) is 18.7 Å². The van der Waals surface area contributed by atoms with E-state index in [4.69, 9.17) is 5.11 Å². The normalized spacial score (nSPS) is 10.8. The minimum Gasteiger partial charge on any atom is -0.478 e. The van der Waals surface area contributed by atoms with Gasteiger partial charge in [0.05, 0.1) is 12.2 Å². The van der Waals surface area contributed by atoms with Gasteiger partial charge in [0.15, 0.2) is 0 Å². The minimum absolute atomic E-state index is 0.0939. The first kappa shape index (κ1) is 15.5. The number of aliphatic hydroxyl groups excluding tert-OH is 1. The van der Waals surface area contributed by atoms with Crippen molar-refractivity contribution in [3.8, 4) is 0 Å². The van der Waals surface area contributed by atoms with Crippen LogP contribution >= 0.6 is 0 Å². The molecule has 0 radical (unpaired) electrons. The lowest BCUT2D eigenvalue weighted by Gasteiger charge is -2.33. The number of aryl methyl sites for hydroxylation is 1. The van der Waals surface area contributed by atoms with Crippen LogP contribution < -0.4 is 4.90 Å². The van der Waals surface area contributed by atoms with E-state index in [1.165, 1.54) is 0 Å². The number of carboxylic acid groups (broad SMARTS) is 1. The van der Waals surface area contributed by atoms with Gasteiger partial charge in [-0.1, -0.05) is 13.8 Å². The predicted octanol–water partition coefficient (Wildman–Crippen LogP) is 2.68. The summed E-state index contributed by atoms with van der Waals surface area (Å²) in [5.74, 6) is -0.911. The van der Waals surface area contributed by atoms with Crippen molar-refractivity contribution in [1.29, 1.82) is 0 Å². The molecule has 0 aromatic heterocycles. The highest BCUT2D eigenvalue weighted by Gasteiger charge is 2.17. The average Bonchev–Trinajstić information content (AvgIpc) is 2.39. The number of hydrogen-bond donors (Lipinski definition) is 2. The maximum absolute atomic E-state index is 11.0. The smallest absolute Gasteiger partial charge is 0.335 e. The van der Waals surface area contributed by atoms with Crippen molar-refractivity contribution >= 4 is 11.7 Å². The van der Waals surface area contributed by atoms with Gasteiger partial charge in [-0.25, -0.2) is 4.79 Å². The van der Waals surface area contributed by atoms with Gasteiger partial charge in [-0.2, -0.15) is 0 Å². The Morgan fingerprint density at radius 3 is 2.37 bits per heavy atom. The van der Waals surface area contributed by atoms with Gasteiger partial charge in [0, 0.05) is 18.3 Å². The minimum atomic E-state index is -0.911. The maximum Gasteiger partial charge on any atom is 0.335 e. The Morgan fingerprint density at radius 1 is 1.32 bits per heavy atom. The summed E-state index contributed by atoms with van der Waals surface area (Å²) in [5.41, 5.74) is 2.24. The second kappa shape index (κ2) is 7.14. The Balaban J connectivity index is 3.12. The van der Waals surface area contributed by atoms with E-state index in [9.17, 15) is 9.90 Å². The average molecular weight is 265 g/mol. The van der Waals surface area contributed by atoms with Gasteiger partial charge in [0.2, 0.25) is 0 Å². The van der Waals surface area contributed by atoms with Crippen LogP contribution in [0.15, 0.2) is 18.2 Å². The molecule has 0 bridgehead atoms. The summed E-state index contributed by atoms with van der Waals surface area (Å²) in [6.07, 6.45) is 1.99. The van der Waals surface area contributed by atoms with Crippen LogP contribution in [0.2, 0.25) is 0 Å². The van der Waals surface area contributed by atoms with Crippen molar-refractivity contribution in [1.82, 2.24) is 0 Å². The van der Waals surface area contributed by atoms with Gasteiger partial charge in [-0.3, -0.25) is 0 Å². The van der Waals surface area contributed by atoms with Crippen molar-refractivity contribution < 1.29 is 15.0 Å². The van der Waals surface area contributed by atoms with Crippen LogP contribution in [0.4, 0.5) is 5.69 Å². The van der Waals surface area contributed by atoms with Crippen LogP contribution in [0.3, 0.4) is 0 Å². The fourth-order valence-electron chi connectivity index (χ4n) is 2.45. The number of carbonyl (C=O) groups is 1. The van der Waals surface area contributed by atoms with Crippen LogP contribution in [0.5, 0.6) is 0 Å². The monoisotopic (exact) mass is 265 g/mol. The second-order valence-corrected chi connectivity index (χ2v) is 4.69. The Morgan fingerprint density at radius 2 is 1.95 bits per heavy atom. The molecular formula is C15H23NO3. The number of aromatic carboxylic acids is 1. The molecule has 0 amide bonds. The zero-order chi connectivity index (χ0) is 14.4. The van der Waals surface area contributed by atoms with Crippen molar-refractivity contribution in [3.05, 3.63) is 29.3 Å². The molecule has 0 aliphatic heterocycles. The summed E-state index contributed by atoms with van der Waals surface area (Å²) in [5, 5.41) is 18.2. The fourth-order valence-corrected chi connectivity index (χ4v) is 2.45. The lowest BCUT2D eigenvalue weighted by atomic mass is 10.0. The molecule has 106 valence electrons. The quantitative estimate of drug-likeness (QED) is 0.795. The SMILES string of the molecule is CCC(CC)N(CCO)c1ccc(C(=O)O)cc1C. The van der Waals surface area contributed by atoms with Crippen LogP contribution in [0.1, 0.15) is 42.6 Å². The van der Waals surface area contributed by atoms with Crippen LogP contribution in [-0.2, 0) is 0 Å². The molecule has 1 rings (SSSR count). The summed E-state index contributed by atoms with van der Waals surface area (Å²) in [7, 11) is 0. The summed E-state index contributed by atoms with van der Waals surface area (Å²) in [6, 6.07) is 5.51. The summed E-state index contributed by atoms with van der Waals surface area (Å²) < 4.78 is 0. The van der Waals surface area contributed by atoms with Crippen LogP contribution in [0, 0.1) is 6.92 Å². The zero-order valence-electron chi connectivity index (χ0n) is 11.9. The summed E-state index contributed by atoms with van der Waals surface area (Å²) >= 11 is 0. The van der Waals surface area contributed by atoms with Gasteiger partial charge in [0.1, 0.15) is 0 Å². The predicted molar refractivity (Wildman–Crippen MR) is 76.9 cm³/mol. The van der Waals surface area contributed by atoms with Crippen molar-refractivity contribution in [2.75, 3.05) is 18.1 Å². The van der Waals surface area contributed by atoms with Gasteiger partial charge in [0.25, 0.3) is 0 Å². The molecule has 1 aromatic rings. The topological polar surface area (TPSA) is 60.8 Å². The number of aliphatic hydroxyl groups is 1. The lowest BCUT2D eigenvalue weighted by Crippen LogP contribution is -2.37. The Kier molecular flexibility index (Phi) is 5.83. The van der Waals surface area contributed by atoms with Crippen molar-refractivity contribution in [2.24, 2.45) is 0 Å². The molecule has 0 saturated heterocycles. The first-order chi connectivity index (χ1) is 9.04.